The van der Waals surface area contributed by atoms with E-state index in [4.69, 9.17) is 4.74 Å². The number of benzene rings is 1. The van der Waals surface area contributed by atoms with Crippen LogP contribution in [0.4, 0.5) is 0 Å². The van der Waals surface area contributed by atoms with E-state index >= 15 is 0 Å². The maximum Gasteiger partial charge on any atom is 0.233 e. The molecule has 3 nitrogen and oxygen atoms in total. The third-order valence-corrected chi connectivity index (χ3v) is 3.87. The molecule has 72 valence electrons. The van der Waals surface area contributed by atoms with Gasteiger partial charge >= 0.3 is 0 Å². The first-order valence-electron chi connectivity index (χ1n) is 4.07. The maximum absolute atomic E-state index is 11.6. The highest BCUT2D eigenvalue weighted by molar-refractivity contribution is 7.66. The zero-order valence-corrected chi connectivity index (χ0v) is 8.62. The Morgan fingerprint density at radius 1 is 1.46 bits per heavy atom. The van der Waals surface area contributed by atoms with E-state index < -0.39 is 7.37 Å². The summed E-state index contributed by atoms with van der Waals surface area (Å²) in [5, 5.41) is 0.403. The lowest BCUT2D eigenvalue weighted by atomic mass is 10.3. The molecule has 1 atom stereocenters. The second-order valence-corrected chi connectivity index (χ2v) is 5.21. The summed E-state index contributed by atoms with van der Waals surface area (Å²) >= 11 is 0. The summed E-state index contributed by atoms with van der Waals surface area (Å²) in [5.41, 5.74) is 0. The molecule has 0 radical (unpaired) electrons. The van der Waals surface area contributed by atoms with Crippen molar-refractivity contribution in [1.29, 1.82) is 0 Å². The van der Waals surface area contributed by atoms with Crippen molar-refractivity contribution in [3.8, 4) is 5.75 Å². The molecule has 0 amide bonds. The number of rotatable bonds is 3. The number of methoxy groups -OCH3 is 1. The molecule has 0 saturated heterocycles. The second-order valence-electron chi connectivity index (χ2n) is 2.69. The van der Waals surface area contributed by atoms with E-state index in [-0.39, 0.29) is 6.16 Å². The van der Waals surface area contributed by atoms with Crippen molar-refractivity contribution in [1.82, 2.24) is 0 Å². The van der Waals surface area contributed by atoms with Gasteiger partial charge in [-0.2, -0.15) is 0 Å². The Kier molecular flexibility index (Phi) is 3.12. The predicted molar refractivity (Wildman–Crippen MR) is 53.0 cm³/mol. The standard InChI is InChI=1S/C9H13O3P/c1-3-13(10,11)9-7-5-4-6-8(9)12-2/h4-7H,3H2,1-2H3,(H,10,11). The van der Waals surface area contributed by atoms with E-state index in [1.54, 1.807) is 31.2 Å². The molecule has 1 unspecified atom stereocenters. The Morgan fingerprint density at radius 3 is 2.62 bits per heavy atom. The van der Waals surface area contributed by atoms with Crippen LogP contribution < -0.4 is 10.0 Å². The van der Waals surface area contributed by atoms with E-state index in [9.17, 15) is 9.46 Å². The quantitative estimate of drug-likeness (QED) is 0.754. The van der Waals surface area contributed by atoms with Crippen LogP contribution in [0.5, 0.6) is 5.75 Å². The van der Waals surface area contributed by atoms with Gasteiger partial charge in [-0.1, -0.05) is 19.1 Å². The minimum Gasteiger partial charge on any atom is -0.496 e. The minimum absolute atomic E-state index is 0.230. The molecule has 13 heavy (non-hydrogen) atoms. The highest BCUT2D eigenvalue weighted by atomic mass is 31.2. The molecule has 0 saturated carbocycles. The van der Waals surface area contributed by atoms with E-state index in [1.807, 2.05) is 0 Å². The summed E-state index contributed by atoms with van der Waals surface area (Å²) in [6, 6.07) is 6.82. The molecule has 0 spiro atoms. The maximum atomic E-state index is 11.6. The van der Waals surface area contributed by atoms with Crippen LogP contribution in [-0.4, -0.2) is 18.2 Å². The third kappa shape index (κ3) is 2.11. The van der Waals surface area contributed by atoms with E-state index in [0.717, 1.165) is 0 Å². The molecular formula is C9H13O3P. The fourth-order valence-electron chi connectivity index (χ4n) is 1.09. The largest absolute Gasteiger partial charge is 0.496 e. The monoisotopic (exact) mass is 200 g/mol. The van der Waals surface area contributed by atoms with Crippen LogP contribution in [0.25, 0.3) is 0 Å². The first-order chi connectivity index (χ1) is 6.11. The van der Waals surface area contributed by atoms with Crippen molar-refractivity contribution in [2.75, 3.05) is 13.3 Å². The molecule has 0 fully saturated rings. The number of hydrogen-bond donors (Lipinski definition) is 1. The summed E-state index contributed by atoms with van der Waals surface area (Å²) in [4.78, 5) is 9.58. The van der Waals surface area contributed by atoms with Gasteiger partial charge in [0, 0.05) is 6.16 Å². The molecular weight excluding hydrogens is 187 g/mol. The average Bonchev–Trinajstić information content (AvgIpc) is 2.18. The van der Waals surface area contributed by atoms with Crippen molar-refractivity contribution in [2.45, 2.75) is 6.92 Å². The lowest BCUT2D eigenvalue weighted by molar-refractivity contribution is 0.416. The van der Waals surface area contributed by atoms with Gasteiger partial charge in [-0.15, -0.1) is 0 Å². The molecule has 0 aliphatic rings. The highest BCUT2D eigenvalue weighted by Crippen LogP contribution is 2.41. The van der Waals surface area contributed by atoms with Crippen molar-refractivity contribution in [3.63, 3.8) is 0 Å². The molecule has 0 aliphatic carbocycles. The predicted octanol–water partition coefficient (Wildman–Crippen LogP) is 1.61. The van der Waals surface area contributed by atoms with Gasteiger partial charge in [-0.25, -0.2) is 0 Å². The minimum atomic E-state index is -3.20. The van der Waals surface area contributed by atoms with Crippen molar-refractivity contribution >= 4 is 12.7 Å². The van der Waals surface area contributed by atoms with Crippen LogP contribution in [0.3, 0.4) is 0 Å². The van der Waals surface area contributed by atoms with Gasteiger partial charge in [0.05, 0.1) is 12.4 Å². The van der Waals surface area contributed by atoms with Gasteiger partial charge in [0.15, 0.2) is 0 Å². The SMILES string of the molecule is CCP(=O)(O)c1ccccc1OC. The van der Waals surface area contributed by atoms with Crippen molar-refractivity contribution in [3.05, 3.63) is 24.3 Å². The lowest BCUT2D eigenvalue weighted by Gasteiger charge is -2.12. The molecule has 4 heteroatoms. The van der Waals surface area contributed by atoms with Gasteiger partial charge in [-0.3, -0.25) is 4.57 Å². The molecule has 1 rings (SSSR count). The topological polar surface area (TPSA) is 46.5 Å². The summed E-state index contributed by atoms with van der Waals surface area (Å²) in [6.45, 7) is 1.69. The summed E-state index contributed by atoms with van der Waals surface area (Å²) < 4.78 is 16.6. The first-order valence-corrected chi connectivity index (χ1v) is 5.91. The highest BCUT2D eigenvalue weighted by Gasteiger charge is 2.22. The molecule has 0 bridgehead atoms. The summed E-state index contributed by atoms with van der Waals surface area (Å²) in [6.07, 6.45) is 0.230. The van der Waals surface area contributed by atoms with Crippen LogP contribution >= 0.6 is 7.37 Å². The Bertz CT molecular complexity index is 335. The van der Waals surface area contributed by atoms with Crippen LogP contribution in [-0.2, 0) is 4.57 Å². The summed E-state index contributed by atoms with van der Waals surface area (Å²) in [7, 11) is -1.71. The zero-order valence-electron chi connectivity index (χ0n) is 7.73. The van der Waals surface area contributed by atoms with E-state index in [2.05, 4.69) is 0 Å². The zero-order chi connectivity index (χ0) is 9.90. The Morgan fingerprint density at radius 2 is 2.08 bits per heavy atom. The number of para-hydroxylation sites is 1. The first kappa shape index (κ1) is 10.3. The van der Waals surface area contributed by atoms with Crippen LogP contribution in [0.15, 0.2) is 24.3 Å². The van der Waals surface area contributed by atoms with Gasteiger partial charge in [-0.05, 0) is 12.1 Å². The molecule has 0 aliphatic heterocycles. The Labute approximate surface area is 77.8 Å². The molecule has 0 heterocycles. The van der Waals surface area contributed by atoms with Gasteiger partial charge in [0.25, 0.3) is 0 Å². The molecule has 0 aromatic heterocycles. The molecule has 1 aromatic carbocycles. The van der Waals surface area contributed by atoms with Gasteiger partial charge in [0.2, 0.25) is 7.37 Å². The molecule has 1 aromatic rings. The van der Waals surface area contributed by atoms with E-state index in [0.29, 0.717) is 11.1 Å². The fourth-order valence-corrected chi connectivity index (χ4v) is 2.26. The van der Waals surface area contributed by atoms with E-state index in [1.165, 1.54) is 7.11 Å². The van der Waals surface area contributed by atoms with Crippen molar-refractivity contribution in [2.24, 2.45) is 0 Å². The van der Waals surface area contributed by atoms with Crippen LogP contribution in [0.2, 0.25) is 0 Å². The average molecular weight is 200 g/mol. The van der Waals surface area contributed by atoms with Gasteiger partial charge in [0.1, 0.15) is 5.75 Å². The van der Waals surface area contributed by atoms with Crippen molar-refractivity contribution < 1.29 is 14.2 Å². The van der Waals surface area contributed by atoms with Gasteiger partial charge < -0.3 is 9.63 Å². The third-order valence-electron chi connectivity index (χ3n) is 1.89. The van der Waals surface area contributed by atoms with Crippen LogP contribution in [0.1, 0.15) is 6.92 Å². The second kappa shape index (κ2) is 3.95. The normalized spacial score (nSPS) is 15.0. The smallest absolute Gasteiger partial charge is 0.233 e. The lowest BCUT2D eigenvalue weighted by Crippen LogP contribution is -2.09. The Balaban J connectivity index is 3.21. The fraction of sp³-hybridized carbons (Fsp3) is 0.333. The Hall–Kier alpha value is -0.790. The molecule has 1 N–H and O–H groups in total. The number of hydrogen-bond acceptors (Lipinski definition) is 2. The number of ether oxygens (including phenoxy) is 1. The van der Waals surface area contributed by atoms with Crippen LogP contribution in [0, 0.1) is 0 Å². The summed E-state index contributed by atoms with van der Waals surface area (Å²) in [5.74, 6) is 0.482.